The fraction of sp³-hybridized carbons (Fsp3) is 0.188. The topological polar surface area (TPSA) is 87.0 Å². The zero-order chi connectivity index (χ0) is 15.3. The molecule has 0 amide bonds. The van der Waals surface area contributed by atoms with Crippen molar-refractivity contribution in [2.45, 2.75) is 13.0 Å². The molecule has 3 N–H and O–H groups in total. The van der Waals surface area contributed by atoms with Crippen LogP contribution in [-0.2, 0) is 0 Å². The van der Waals surface area contributed by atoms with E-state index >= 15 is 0 Å². The van der Waals surface area contributed by atoms with Crippen molar-refractivity contribution in [2.75, 3.05) is 7.11 Å². The van der Waals surface area contributed by atoms with E-state index in [2.05, 4.69) is 0 Å². The van der Waals surface area contributed by atoms with Gasteiger partial charge in [0.1, 0.15) is 23.4 Å². The summed E-state index contributed by atoms with van der Waals surface area (Å²) in [5.41, 5.74) is 1.36. The molecule has 0 heterocycles. The van der Waals surface area contributed by atoms with Crippen molar-refractivity contribution in [1.82, 2.24) is 0 Å². The van der Waals surface area contributed by atoms with Gasteiger partial charge in [-0.2, -0.15) is 0 Å². The first-order chi connectivity index (χ1) is 9.93. The number of carbonyl (C=O) groups is 1. The molecule has 0 saturated heterocycles. The Morgan fingerprint density at radius 2 is 1.57 bits per heavy atom. The van der Waals surface area contributed by atoms with E-state index in [1.807, 2.05) is 0 Å². The first kappa shape index (κ1) is 13.5. The maximum Gasteiger partial charge on any atom is 0.201 e. The summed E-state index contributed by atoms with van der Waals surface area (Å²) in [6.45, 7) is 1.76. The quantitative estimate of drug-likeness (QED) is 0.746. The van der Waals surface area contributed by atoms with Crippen LogP contribution in [0.3, 0.4) is 0 Å². The molecule has 2 aromatic rings. The molecule has 2 aromatic carbocycles. The van der Waals surface area contributed by atoms with Gasteiger partial charge in [0.15, 0.2) is 0 Å². The maximum absolute atomic E-state index is 12.5. The van der Waals surface area contributed by atoms with Crippen LogP contribution < -0.4 is 4.74 Å². The summed E-state index contributed by atoms with van der Waals surface area (Å²) in [5, 5.41) is 30.5. The minimum absolute atomic E-state index is 0.00467. The highest BCUT2D eigenvalue weighted by molar-refractivity contribution is 6.16. The van der Waals surface area contributed by atoms with E-state index in [0.717, 1.165) is 5.56 Å². The first-order valence-corrected chi connectivity index (χ1v) is 6.41. The monoisotopic (exact) mass is 286 g/mol. The van der Waals surface area contributed by atoms with Crippen LogP contribution in [-0.4, -0.2) is 28.2 Å². The highest BCUT2D eigenvalue weighted by Crippen LogP contribution is 2.43. The third kappa shape index (κ3) is 1.86. The van der Waals surface area contributed by atoms with Gasteiger partial charge in [-0.25, -0.2) is 0 Å². The van der Waals surface area contributed by atoms with Crippen molar-refractivity contribution in [3.63, 3.8) is 0 Å². The number of hydrogen-bond acceptors (Lipinski definition) is 5. The fourth-order valence-electron chi connectivity index (χ4n) is 2.75. The number of ketones is 1. The van der Waals surface area contributed by atoms with Gasteiger partial charge in [0.2, 0.25) is 5.78 Å². The number of carbonyl (C=O) groups excluding carboxylic acids is 1. The smallest absolute Gasteiger partial charge is 0.201 e. The van der Waals surface area contributed by atoms with Crippen LogP contribution in [0.25, 0.3) is 0 Å². The van der Waals surface area contributed by atoms with Crippen molar-refractivity contribution in [3.8, 4) is 17.2 Å². The Morgan fingerprint density at radius 1 is 1.00 bits per heavy atom. The van der Waals surface area contributed by atoms with Crippen molar-refractivity contribution < 1.29 is 24.9 Å². The van der Waals surface area contributed by atoms with E-state index in [4.69, 9.17) is 4.74 Å². The molecule has 1 unspecified atom stereocenters. The van der Waals surface area contributed by atoms with Crippen molar-refractivity contribution in [1.29, 1.82) is 0 Å². The van der Waals surface area contributed by atoms with Gasteiger partial charge < -0.3 is 20.1 Å². The summed E-state index contributed by atoms with van der Waals surface area (Å²) in [6, 6.07) is 5.92. The van der Waals surface area contributed by atoms with Gasteiger partial charge in [0.25, 0.3) is 0 Å². The Labute approximate surface area is 121 Å². The Hall–Kier alpha value is -2.53. The Morgan fingerprint density at radius 3 is 2.19 bits per heavy atom. The van der Waals surface area contributed by atoms with E-state index in [9.17, 15) is 20.1 Å². The Kier molecular flexibility index (Phi) is 2.88. The number of aryl methyl sites for hydroxylation is 1. The van der Waals surface area contributed by atoms with E-state index in [0.29, 0.717) is 11.3 Å². The molecule has 1 aliphatic rings. The summed E-state index contributed by atoms with van der Waals surface area (Å²) in [7, 11) is 1.43. The molecule has 5 heteroatoms. The van der Waals surface area contributed by atoms with E-state index in [1.54, 1.807) is 13.0 Å². The van der Waals surface area contributed by atoms with E-state index < -0.39 is 11.9 Å². The maximum atomic E-state index is 12.5. The molecule has 1 aliphatic carbocycles. The number of methoxy groups -OCH3 is 1. The predicted octanol–water partition coefficient (Wildman–Crippen LogP) is 2.04. The van der Waals surface area contributed by atoms with E-state index in [-0.39, 0.29) is 28.2 Å². The third-order valence-corrected chi connectivity index (χ3v) is 3.69. The molecule has 0 fully saturated rings. The second-order valence-electron chi connectivity index (χ2n) is 5.09. The van der Waals surface area contributed by atoms with Gasteiger partial charge >= 0.3 is 0 Å². The van der Waals surface area contributed by atoms with Crippen molar-refractivity contribution in [3.05, 3.63) is 52.1 Å². The number of aliphatic hydroxyl groups excluding tert-OH is 1. The van der Waals surface area contributed by atoms with Crippen molar-refractivity contribution >= 4 is 5.78 Å². The lowest BCUT2D eigenvalue weighted by Crippen LogP contribution is -2.20. The molecule has 0 bridgehead atoms. The molecule has 1 atom stereocenters. The van der Waals surface area contributed by atoms with Crippen LogP contribution in [0.1, 0.15) is 38.7 Å². The average molecular weight is 286 g/mol. The highest BCUT2D eigenvalue weighted by Gasteiger charge is 2.35. The number of aromatic hydroxyl groups is 2. The zero-order valence-corrected chi connectivity index (χ0v) is 11.5. The SMILES string of the molecule is COc1cc(O)c2c(c1)C(O)c1cc(C)cc(O)c1C2=O. The average Bonchev–Trinajstić information content (AvgIpc) is 2.43. The molecule has 0 aromatic heterocycles. The summed E-state index contributed by atoms with van der Waals surface area (Å²) < 4.78 is 5.05. The van der Waals surface area contributed by atoms with Gasteiger partial charge in [-0.1, -0.05) is 6.07 Å². The fourth-order valence-corrected chi connectivity index (χ4v) is 2.75. The number of ether oxygens (including phenoxy) is 1. The molecule has 0 spiro atoms. The zero-order valence-electron chi connectivity index (χ0n) is 11.5. The second-order valence-corrected chi connectivity index (χ2v) is 5.09. The molecular weight excluding hydrogens is 272 g/mol. The first-order valence-electron chi connectivity index (χ1n) is 6.41. The molecule has 5 nitrogen and oxygen atoms in total. The van der Waals surface area contributed by atoms with Crippen LogP contribution in [0.2, 0.25) is 0 Å². The molecule has 3 rings (SSSR count). The number of fused-ring (bicyclic) bond motifs is 2. The third-order valence-electron chi connectivity index (χ3n) is 3.69. The molecule has 0 saturated carbocycles. The van der Waals surface area contributed by atoms with Gasteiger partial charge in [-0.3, -0.25) is 4.79 Å². The lowest BCUT2D eigenvalue weighted by molar-refractivity contribution is 0.101. The lowest BCUT2D eigenvalue weighted by Gasteiger charge is -2.25. The summed E-state index contributed by atoms with van der Waals surface area (Å²) in [5.74, 6) is -0.643. The van der Waals surface area contributed by atoms with Crippen LogP contribution in [0.5, 0.6) is 17.2 Å². The molecule has 0 radical (unpaired) electrons. The van der Waals surface area contributed by atoms with Gasteiger partial charge in [-0.05, 0) is 24.6 Å². The molecule has 108 valence electrons. The molecule has 0 aliphatic heterocycles. The summed E-state index contributed by atoms with van der Waals surface area (Å²) in [4.78, 5) is 12.5. The Balaban J connectivity index is 2.33. The standard InChI is InChI=1S/C16H14O5/c1-7-3-9-13(11(17)4-7)16(20)14-10(15(9)19)5-8(21-2)6-12(14)18/h3-6,15,17-19H,1-2H3. The largest absolute Gasteiger partial charge is 0.507 e. The van der Waals surface area contributed by atoms with Crippen LogP contribution >= 0.6 is 0 Å². The van der Waals surface area contributed by atoms with Gasteiger partial charge in [-0.15, -0.1) is 0 Å². The van der Waals surface area contributed by atoms with Crippen LogP contribution in [0, 0.1) is 6.92 Å². The minimum atomic E-state index is -1.11. The number of phenolic OH excluding ortho intramolecular Hbond substituents is 2. The van der Waals surface area contributed by atoms with Crippen LogP contribution in [0.4, 0.5) is 0 Å². The van der Waals surface area contributed by atoms with E-state index in [1.165, 1.54) is 25.3 Å². The summed E-state index contributed by atoms with van der Waals surface area (Å²) >= 11 is 0. The molecule has 21 heavy (non-hydrogen) atoms. The number of benzene rings is 2. The number of aliphatic hydroxyl groups is 1. The highest BCUT2D eigenvalue weighted by atomic mass is 16.5. The van der Waals surface area contributed by atoms with Gasteiger partial charge in [0.05, 0.1) is 18.2 Å². The number of hydrogen-bond donors (Lipinski definition) is 3. The van der Waals surface area contributed by atoms with Gasteiger partial charge in [0, 0.05) is 17.2 Å². The molecular formula is C16H14O5. The number of rotatable bonds is 1. The minimum Gasteiger partial charge on any atom is -0.507 e. The number of phenols is 2. The van der Waals surface area contributed by atoms with Crippen molar-refractivity contribution in [2.24, 2.45) is 0 Å². The normalized spacial score (nSPS) is 16.3. The predicted molar refractivity (Wildman–Crippen MR) is 75.0 cm³/mol. The summed E-state index contributed by atoms with van der Waals surface area (Å²) in [6.07, 6.45) is -1.11. The Bertz CT molecular complexity index is 764. The van der Waals surface area contributed by atoms with Crippen LogP contribution in [0.15, 0.2) is 24.3 Å². The lowest BCUT2D eigenvalue weighted by atomic mass is 9.81. The second kappa shape index (κ2) is 4.49.